The molecule has 3 aliphatic rings. The molecule has 0 saturated carbocycles. The summed E-state index contributed by atoms with van der Waals surface area (Å²) in [6.45, 7) is 6.40. The number of nitrogens with one attached hydrogen (secondary N) is 1. The second-order valence-corrected chi connectivity index (χ2v) is 8.49. The summed E-state index contributed by atoms with van der Waals surface area (Å²) in [6, 6.07) is 7.85. The molecule has 5 rings (SSSR count). The minimum absolute atomic E-state index is 0.0132. The Bertz CT molecular complexity index is 903. The molecule has 3 fully saturated rings. The summed E-state index contributed by atoms with van der Waals surface area (Å²) >= 11 is 0. The molecule has 1 spiro atoms. The Morgan fingerprint density at radius 2 is 2.14 bits per heavy atom. The van der Waals surface area contributed by atoms with Crippen LogP contribution in [0.25, 0.3) is 0 Å². The molecular weight excluding hydrogens is 352 g/mol. The van der Waals surface area contributed by atoms with Crippen LogP contribution < -0.4 is 10.2 Å². The summed E-state index contributed by atoms with van der Waals surface area (Å²) in [6.07, 6.45) is 5.99. The normalized spacial score (nSPS) is 30.5. The van der Waals surface area contributed by atoms with E-state index < -0.39 is 0 Å². The number of fused-ring (bicyclic) bond motifs is 1. The molecule has 6 heteroatoms. The lowest BCUT2D eigenvalue weighted by Crippen LogP contribution is -2.42. The van der Waals surface area contributed by atoms with Gasteiger partial charge in [-0.3, -0.25) is 4.79 Å². The molecule has 4 heterocycles. The number of carbonyl (C=O) groups excluding carboxylic acids is 1. The number of benzene rings is 1. The molecule has 1 N–H and O–H groups in total. The molecule has 146 valence electrons. The number of ether oxygens (including phenoxy) is 1. The molecular formula is C22H26N4O2. The molecule has 6 nitrogen and oxygen atoms in total. The van der Waals surface area contributed by atoms with Crippen LogP contribution in [-0.2, 0) is 4.74 Å². The molecule has 0 radical (unpaired) electrons. The number of carbonyl (C=O) groups is 1. The van der Waals surface area contributed by atoms with Gasteiger partial charge in [-0.15, -0.1) is 0 Å². The summed E-state index contributed by atoms with van der Waals surface area (Å²) in [7, 11) is 0. The fourth-order valence-corrected chi connectivity index (χ4v) is 5.36. The zero-order valence-electron chi connectivity index (χ0n) is 16.4. The lowest BCUT2D eigenvalue weighted by molar-refractivity contribution is 0.0141. The van der Waals surface area contributed by atoms with E-state index in [1.165, 1.54) is 0 Å². The van der Waals surface area contributed by atoms with Gasteiger partial charge in [-0.05, 0) is 44.4 Å². The van der Waals surface area contributed by atoms with Gasteiger partial charge in [0.1, 0.15) is 0 Å². The van der Waals surface area contributed by atoms with Gasteiger partial charge in [0, 0.05) is 42.9 Å². The van der Waals surface area contributed by atoms with Crippen LogP contribution in [0.2, 0.25) is 0 Å². The van der Waals surface area contributed by atoms with Crippen molar-refractivity contribution >= 4 is 11.9 Å². The number of aromatic nitrogens is 2. The lowest BCUT2D eigenvalue weighted by atomic mass is 9.73. The molecule has 0 unspecified atom stereocenters. The van der Waals surface area contributed by atoms with Crippen LogP contribution in [-0.4, -0.2) is 47.2 Å². The molecule has 1 amide bonds. The maximum atomic E-state index is 12.8. The number of rotatable bonds is 4. The first-order valence-electron chi connectivity index (χ1n) is 10.1. The SMILES string of the molecule is Cc1ccc(C)c(C(=O)NC[C@H]2[C@H]3CN(c4ncccn4)C[C@]34CC[C@H]2O4)c1. The van der Waals surface area contributed by atoms with Crippen molar-refractivity contribution in [3.63, 3.8) is 0 Å². The molecule has 3 aliphatic heterocycles. The second-order valence-electron chi connectivity index (χ2n) is 8.49. The van der Waals surface area contributed by atoms with Gasteiger partial charge >= 0.3 is 0 Å². The fraction of sp³-hybridized carbons (Fsp3) is 0.500. The van der Waals surface area contributed by atoms with Gasteiger partial charge in [0.05, 0.1) is 18.2 Å². The van der Waals surface area contributed by atoms with Crippen LogP contribution in [0.15, 0.2) is 36.7 Å². The molecule has 2 aromatic rings. The van der Waals surface area contributed by atoms with E-state index in [0.29, 0.717) is 18.4 Å². The first kappa shape index (κ1) is 17.6. The average Bonchev–Trinajstić information content (AvgIpc) is 3.37. The Labute approximate surface area is 165 Å². The van der Waals surface area contributed by atoms with Crippen molar-refractivity contribution in [1.82, 2.24) is 15.3 Å². The standard InChI is InChI=1S/C22H26N4O2/c1-14-4-5-15(2)16(10-14)20(27)25-11-17-18-12-26(21-23-8-3-9-24-21)13-22(18)7-6-19(17)28-22/h3-5,8-10,17-19H,6-7,11-13H2,1-2H3,(H,25,27)/t17-,18+,19+,22+/m0/s1. The van der Waals surface area contributed by atoms with E-state index in [1.807, 2.05) is 38.1 Å². The minimum Gasteiger partial charge on any atom is -0.369 e. The average molecular weight is 378 g/mol. The Hall–Kier alpha value is -2.47. The van der Waals surface area contributed by atoms with Gasteiger partial charge < -0.3 is 15.0 Å². The van der Waals surface area contributed by atoms with Crippen LogP contribution in [0.5, 0.6) is 0 Å². The predicted octanol–water partition coefficient (Wildman–Crippen LogP) is 2.51. The largest absolute Gasteiger partial charge is 0.369 e. The molecule has 28 heavy (non-hydrogen) atoms. The molecule has 4 atom stereocenters. The van der Waals surface area contributed by atoms with E-state index in [4.69, 9.17) is 4.74 Å². The summed E-state index contributed by atoms with van der Waals surface area (Å²) < 4.78 is 6.48. The number of anilines is 1. The zero-order chi connectivity index (χ0) is 19.3. The molecule has 1 aromatic carbocycles. The van der Waals surface area contributed by atoms with Gasteiger partial charge in [0.15, 0.2) is 0 Å². The molecule has 1 aromatic heterocycles. The van der Waals surface area contributed by atoms with E-state index in [9.17, 15) is 4.79 Å². The summed E-state index contributed by atoms with van der Waals surface area (Å²) in [5.74, 6) is 1.54. The summed E-state index contributed by atoms with van der Waals surface area (Å²) in [4.78, 5) is 23.8. The fourth-order valence-electron chi connectivity index (χ4n) is 5.36. The van der Waals surface area contributed by atoms with Gasteiger partial charge in [-0.2, -0.15) is 0 Å². The van der Waals surface area contributed by atoms with Crippen LogP contribution in [0, 0.1) is 25.7 Å². The highest BCUT2D eigenvalue weighted by molar-refractivity contribution is 5.95. The van der Waals surface area contributed by atoms with E-state index >= 15 is 0 Å². The van der Waals surface area contributed by atoms with Crippen molar-refractivity contribution in [2.45, 2.75) is 38.4 Å². The molecule has 0 aliphatic carbocycles. The highest BCUT2D eigenvalue weighted by Crippen LogP contribution is 2.54. The summed E-state index contributed by atoms with van der Waals surface area (Å²) in [5.41, 5.74) is 2.78. The van der Waals surface area contributed by atoms with Crippen LogP contribution >= 0.6 is 0 Å². The number of hydrogen-bond donors (Lipinski definition) is 1. The van der Waals surface area contributed by atoms with Crippen LogP contribution in [0.1, 0.15) is 34.3 Å². The Morgan fingerprint density at radius 3 is 2.96 bits per heavy atom. The quantitative estimate of drug-likeness (QED) is 0.885. The second kappa shape index (κ2) is 6.55. The third-order valence-corrected chi connectivity index (χ3v) is 6.75. The van der Waals surface area contributed by atoms with Gasteiger partial charge in [0.2, 0.25) is 5.95 Å². The third kappa shape index (κ3) is 2.78. The third-order valence-electron chi connectivity index (χ3n) is 6.75. The van der Waals surface area contributed by atoms with Gasteiger partial charge in [-0.25, -0.2) is 9.97 Å². The Kier molecular flexibility index (Phi) is 4.12. The first-order valence-corrected chi connectivity index (χ1v) is 10.1. The summed E-state index contributed by atoms with van der Waals surface area (Å²) in [5, 5.41) is 3.19. The predicted molar refractivity (Wildman–Crippen MR) is 106 cm³/mol. The van der Waals surface area contributed by atoms with E-state index in [2.05, 4.69) is 20.2 Å². The Morgan fingerprint density at radius 1 is 1.32 bits per heavy atom. The smallest absolute Gasteiger partial charge is 0.251 e. The Balaban J connectivity index is 1.30. The maximum Gasteiger partial charge on any atom is 0.251 e. The van der Waals surface area contributed by atoms with E-state index in [-0.39, 0.29) is 17.6 Å². The van der Waals surface area contributed by atoms with E-state index in [1.54, 1.807) is 12.4 Å². The highest BCUT2D eigenvalue weighted by Gasteiger charge is 2.63. The van der Waals surface area contributed by atoms with Crippen molar-refractivity contribution in [2.24, 2.45) is 11.8 Å². The monoisotopic (exact) mass is 378 g/mol. The van der Waals surface area contributed by atoms with Crippen LogP contribution in [0.3, 0.4) is 0 Å². The number of nitrogens with zero attached hydrogens (tertiary/aromatic N) is 3. The molecule has 3 saturated heterocycles. The van der Waals surface area contributed by atoms with Crippen molar-refractivity contribution in [3.05, 3.63) is 53.3 Å². The van der Waals surface area contributed by atoms with Crippen LogP contribution in [0.4, 0.5) is 5.95 Å². The highest BCUT2D eigenvalue weighted by atomic mass is 16.5. The number of hydrogen-bond acceptors (Lipinski definition) is 5. The minimum atomic E-state index is -0.0987. The number of amides is 1. The van der Waals surface area contributed by atoms with Crippen molar-refractivity contribution in [1.29, 1.82) is 0 Å². The van der Waals surface area contributed by atoms with Crippen molar-refractivity contribution in [3.8, 4) is 0 Å². The van der Waals surface area contributed by atoms with Gasteiger partial charge in [0.25, 0.3) is 5.91 Å². The zero-order valence-corrected chi connectivity index (χ0v) is 16.4. The van der Waals surface area contributed by atoms with Crippen molar-refractivity contribution < 1.29 is 9.53 Å². The first-order chi connectivity index (χ1) is 13.6. The van der Waals surface area contributed by atoms with Crippen molar-refractivity contribution in [2.75, 3.05) is 24.5 Å². The molecule has 2 bridgehead atoms. The van der Waals surface area contributed by atoms with Gasteiger partial charge in [-0.1, -0.05) is 17.7 Å². The maximum absolute atomic E-state index is 12.8. The van der Waals surface area contributed by atoms with E-state index in [0.717, 1.165) is 48.6 Å². The lowest BCUT2D eigenvalue weighted by Gasteiger charge is -2.29. The number of aryl methyl sites for hydroxylation is 2. The topological polar surface area (TPSA) is 67.4 Å².